The van der Waals surface area contributed by atoms with E-state index in [1.165, 1.54) is 24.4 Å². The number of primary amides is 1. The van der Waals surface area contributed by atoms with E-state index >= 15 is 0 Å². The Hall–Kier alpha value is -7.02. The lowest BCUT2D eigenvalue weighted by Crippen LogP contribution is -2.54. The molecule has 0 aliphatic carbocycles. The Morgan fingerprint density at radius 3 is 2.34 bits per heavy atom. The number of Topliss-reactive ketones (excluding diaryl/α,β-unsaturated/α-hetero) is 2. The van der Waals surface area contributed by atoms with Crippen molar-refractivity contribution in [1.29, 1.82) is 0 Å². The Labute approximate surface area is 321 Å². The van der Waals surface area contributed by atoms with Crippen molar-refractivity contribution in [3.05, 3.63) is 119 Å². The minimum atomic E-state index is -1.10. The maximum atomic E-state index is 13.2. The van der Waals surface area contributed by atoms with Gasteiger partial charge in [-0.3, -0.25) is 48.8 Å². The second-order valence-corrected chi connectivity index (χ2v) is 13.6. The van der Waals surface area contributed by atoms with Crippen molar-refractivity contribution in [2.24, 2.45) is 5.73 Å². The summed E-state index contributed by atoms with van der Waals surface area (Å²) in [4.78, 5) is 93.4. The van der Waals surface area contributed by atoms with Crippen LogP contribution in [-0.4, -0.2) is 63.6 Å². The standard InChI is InChI=1S/C43H37N5O8/c44-40(52)32-23-45-33-22-27(18-19-30(33)39(32)46-28-8-3-1-4-9-28)25-14-16-26(17-15-25)35(50)12-6-2-5-10-29(49)24-56-36-13-7-11-31-38(36)43(55)48(42(31)54)34-20-21-37(51)47-41(34)53/h1,3-4,7-9,11,13-19,22-23,34H,2,5-6,10,12,20-21,24H2,(H2,44,52)(H,45,46)(H,47,51,53). The highest BCUT2D eigenvalue weighted by Gasteiger charge is 2.46. The Kier molecular flexibility index (Phi) is 10.8. The summed E-state index contributed by atoms with van der Waals surface area (Å²) in [7, 11) is 0. The third-order valence-electron chi connectivity index (χ3n) is 9.90. The van der Waals surface area contributed by atoms with E-state index < -0.39 is 35.6 Å². The lowest BCUT2D eigenvalue weighted by molar-refractivity contribution is -0.136. The van der Waals surface area contributed by atoms with Crippen LogP contribution in [0.15, 0.2) is 97.2 Å². The lowest BCUT2D eigenvalue weighted by Gasteiger charge is -2.27. The van der Waals surface area contributed by atoms with Gasteiger partial charge in [-0.05, 0) is 60.7 Å². The van der Waals surface area contributed by atoms with Gasteiger partial charge in [-0.1, -0.05) is 67.1 Å². The molecule has 2 aliphatic rings. The number of nitrogens with zero attached hydrogens (tertiary/aromatic N) is 2. The summed E-state index contributed by atoms with van der Waals surface area (Å²) >= 11 is 0. The molecule has 1 atom stereocenters. The number of hydrogen-bond acceptors (Lipinski definition) is 10. The number of carbonyl (C=O) groups is 7. The third kappa shape index (κ3) is 7.78. The van der Waals surface area contributed by atoms with Gasteiger partial charge in [0.15, 0.2) is 11.6 Å². The van der Waals surface area contributed by atoms with Crippen molar-refractivity contribution in [2.45, 2.75) is 51.0 Å². The Morgan fingerprint density at radius 2 is 1.59 bits per heavy atom. The fraction of sp³-hybridized carbons (Fsp3) is 0.209. The molecule has 282 valence electrons. The molecule has 13 nitrogen and oxygen atoms in total. The highest BCUT2D eigenvalue weighted by molar-refractivity contribution is 6.24. The van der Waals surface area contributed by atoms with Crippen LogP contribution in [0.1, 0.15) is 86.4 Å². The minimum Gasteiger partial charge on any atom is -0.485 e. The van der Waals surface area contributed by atoms with E-state index in [9.17, 15) is 33.6 Å². The van der Waals surface area contributed by atoms with E-state index in [1.807, 2.05) is 60.7 Å². The van der Waals surface area contributed by atoms with Gasteiger partial charge < -0.3 is 15.8 Å². The van der Waals surface area contributed by atoms with Gasteiger partial charge in [0.1, 0.15) is 18.4 Å². The number of amides is 5. The van der Waals surface area contributed by atoms with Crippen LogP contribution in [0, 0.1) is 0 Å². The molecule has 0 bridgehead atoms. The average molecular weight is 752 g/mol. The fourth-order valence-electron chi connectivity index (χ4n) is 6.97. The van der Waals surface area contributed by atoms with E-state index in [4.69, 9.17) is 10.5 Å². The molecule has 2 aliphatic heterocycles. The maximum Gasteiger partial charge on any atom is 0.266 e. The van der Waals surface area contributed by atoms with Crippen LogP contribution in [0.4, 0.5) is 11.4 Å². The van der Waals surface area contributed by atoms with E-state index in [-0.39, 0.29) is 59.9 Å². The highest BCUT2D eigenvalue weighted by atomic mass is 16.5. The van der Waals surface area contributed by atoms with Crippen molar-refractivity contribution >= 4 is 63.4 Å². The summed E-state index contributed by atoms with van der Waals surface area (Å²) in [5, 5.41) is 6.20. The number of pyridine rings is 1. The van der Waals surface area contributed by atoms with Gasteiger partial charge in [-0.15, -0.1) is 0 Å². The van der Waals surface area contributed by atoms with Crippen molar-refractivity contribution < 1.29 is 38.3 Å². The molecule has 5 amide bonds. The molecule has 56 heavy (non-hydrogen) atoms. The van der Waals surface area contributed by atoms with E-state index in [0.717, 1.165) is 27.1 Å². The van der Waals surface area contributed by atoms with Crippen molar-refractivity contribution in [2.75, 3.05) is 11.9 Å². The molecule has 4 N–H and O–H groups in total. The summed E-state index contributed by atoms with van der Waals surface area (Å²) in [5.74, 6) is -3.26. The van der Waals surface area contributed by atoms with Gasteiger partial charge in [0, 0.05) is 42.1 Å². The van der Waals surface area contributed by atoms with Crippen LogP contribution < -0.4 is 21.1 Å². The number of benzene rings is 4. The molecule has 7 rings (SSSR count). The second kappa shape index (κ2) is 16.1. The molecular formula is C43H37N5O8. The number of hydrogen-bond donors (Lipinski definition) is 3. The Morgan fingerprint density at radius 1 is 0.839 bits per heavy atom. The van der Waals surface area contributed by atoms with Gasteiger partial charge in [0.05, 0.1) is 27.9 Å². The zero-order chi connectivity index (χ0) is 39.3. The number of carbonyl (C=O) groups excluding carboxylic acids is 7. The minimum absolute atomic E-state index is 0.00761. The third-order valence-corrected chi connectivity index (χ3v) is 9.90. The molecule has 1 unspecified atom stereocenters. The van der Waals surface area contributed by atoms with Crippen LogP contribution >= 0.6 is 0 Å². The van der Waals surface area contributed by atoms with Crippen LogP contribution in [0.25, 0.3) is 22.0 Å². The molecule has 5 aromatic rings. The van der Waals surface area contributed by atoms with Crippen molar-refractivity contribution in [1.82, 2.24) is 15.2 Å². The molecule has 0 spiro atoms. The summed E-state index contributed by atoms with van der Waals surface area (Å²) in [5.41, 5.74) is 10.4. The SMILES string of the molecule is NC(=O)c1cnc2cc(-c3ccc(C(=O)CCCCCC(=O)COc4cccc5c4C(=O)N(C4CCC(=O)NC4=O)C5=O)cc3)ccc2c1Nc1ccccc1. The molecule has 0 saturated carbocycles. The number of unbranched alkanes of at least 4 members (excludes halogenated alkanes) is 2. The van der Waals surface area contributed by atoms with Crippen LogP contribution in [0.3, 0.4) is 0 Å². The predicted octanol–water partition coefficient (Wildman–Crippen LogP) is 5.93. The fourth-order valence-corrected chi connectivity index (χ4v) is 6.97. The average Bonchev–Trinajstić information content (AvgIpc) is 3.46. The normalized spacial score (nSPS) is 15.1. The second-order valence-electron chi connectivity index (χ2n) is 13.6. The number of piperidine rings is 1. The zero-order valence-corrected chi connectivity index (χ0v) is 30.2. The Bertz CT molecular complexity index is 2410. The van der Waals surface area contributed by atoms with Gasteiger partial charge in [0.25, 0.3) is 17.7 Å². The number of anilines is 2. The summed E-state index contributed by atoms with van der Waals surface area (Å²) in [6.45, 7) is -0.310. The number of nitrogens with two attached hydrogens (primary N) is 1. The molecule has 3 heterocycles. The smallest absolute Gasteiger partial charge is 0.266 e. The topological polar surface area (TPSA) is 195 Å². The van der Waals surface area contributed by atoms with Crippen LogP contribution in [-0.2, 0) is 14.4 Å². The number of ether oxygens (including phenoxy) is 1. The molecular weight excluding hydrogens is 714 g/mol. The summed E-state index contributed by atoms with van der Waals surface area (Å²) < 4.78 is 5.68. The first-order chi connectivity index (χ1) is 27.1. The molecule has 1 fully saturated rings. The highest BCUT2D eigenvalue weighted by Crippen LogP contribution is 2.35. The lowest BCUT2D eigenvalue weighted by atomic mass is 9.98. The monoisotopic (exact) mass is 751 g/mol. The van der Waals surface area contributed by atoms with E-state index in [2.05, 4.69) is 15.6 Å². The molecule has 1 saturated heterocycles. The first-order valence-electron chi connectivity index (χ1n) is 18.3. The first kappa shape index (κ1) is 37.3. The van der Waals surface area contributed by atoms with Crippen LogP contribution in [0.5, 0.6) is 5.75 Å². The number of imide groups is 2. The number of aromatic nitrogens is 1. The molecule has 13 heteroatoms. The van der Waals surface area contributed by atoms with Gasteiger partial charge >= 0.3 is 0 Å². The summed E-state index contributed by atoms with van der Waals surface area (Å²) in [6.07, 6.45) is 3.82. The number of ketones is 2. The summed E-state index contributed by atoms with van der Waals surface area (Å²) in [6, 6.07) is 25.9. The van der Waals surface area contributed by atoms with Gasteiger partial charge in [0.2, 0.25) is 11.8 Å². The molecule has 1 aromatic heterocycles. The zero-order valence-electron chi connectivity index (χ0n) is 30.2. The number of rotatable bonds is 15. The Balaban J connectivity index is 0.885. The quantitative estimate of drug-likeness (QED) is 0.0656. The van der Waals surface area contributed by atoms with Gasteiger partial charge in [-0.25, -0.2) is 0 Å². The number of nitrogens with one attached hydrogen (secondary N) is 2. The largest absolute Gasteiger partial charge is 0.485 e. The van der Waals surface area contributed by atoms with E-state index in [1.54, 1.807) is 12.1 Å². The van der Waals surface area contributed by atoms with Crippen molar-refractivity contribution in [3.63, 3.8) is 0 Å². The number of fused-ring (bicyclic) bond motifs is 2. The maximum absolute atomic E-state index is 13.2. The predicted molar refractivity (Wildman–Crippen MR) is 206 cm³/mol. The van der Waals surface area contributed by atoms with Crippen LogP contribution in [0.2, 0.25) is 0 Å². The van der Waals surface area contributed by atoms with Gasteiger partial charge in [-0.2, -0.15) is 0 Å². The van der Waals surface area contributed by atoms with E-state index in [0.29, 0.717) is 42.5 Å². The van der Waals surface area contributed by atoms with Crippen molar-refractivity contribution in [3.8, 4) is 16.9 Å². The molecule has 0 radical (unpaired) electrons. The molecule has 4 aromatic carbocycles. The number of para-hydroxylation sites is 1. The first-order valence-corrected chi connectivity index (χ1v) is 18.3.